The number of carbonyl (C=O) groups is 1. The Bertz CT molecular complexity index is 408. The molecule has 0 saturated carbocycles. The lowest BCUT2D eigenvalue weighted by Crippen LogP contribution is -1.99. The molecule has 1 atom stereocenters. The van der Waals surface area contributed by atoms with Gasteiger partial charge in [-0.1, -0.05) is 24.8 Å². The minimum Gasteiger partial charge on any atom is -0.322 e. The van der Waals surface area contributed by atoms with Crippen molar-refractivity contribution in [2.75, 3.05) is 0 Å². The van der Waals surface area contributed by atoms with Crippen molar-refractivity contribution in [1.82, 2.24) is 0 Å². The summed E-state index contributed by atoms with van der Waals surface area (Å²) in [5.74, 6) is 0. The van der Waals surface area contributed by atoms with E-state index in [9.17, 15) is 9.36 Å². The molecule has 3 heteroatoms. The van der Waals surface area contributed by atoms with Gasteiger partial charge in [-0.15, -0.1) is 0 Å². The van der Waals surface area contributed by atoms with Crippen molar-refractivity contribution in [3.8, 4) is 0 Å². The van der Waals surface area contributed by atoms with Gasteiger partial charge in [0.05, 0.1) is 0 Å². The molecule has 0 amide bonds. The Morgan fingerprint density at radius 1 is 1.43 bits per heavy atom. The molecule has 0 spiro atoms. The second-order valence-corrected chi connectivity index (χ2v) is 3.92. The quantitative estimate of drug-likeness (QED) is 0.716. The number of benzene rings is 1. The lowest BCUT2D eigenvalue weighted by Gasteiger charge is -2.08. The van der Waals surface area contributed by atoms with E-state index in [1.807, 2.05) is 26.0 Å². The van der Waals surface area contributed by atoms with Gasteiger partial charge in [-0.2, -0.15) is 0 Å². The highest BCUT2D eigenvalue weighted by Gasteiger charge is 2.11. The van der Waals surface area contributed by atoms with Gasteiger partial charge in [0.2, 0.25) is 5.52 Å². The molecule has 1 rings (SSSR count). The van der Waals surface area contributed by atoms with E-state index in [1.54, 1.807) is 6.08 Å². The number of hydrogen-bond donors (Lipinski definition) is 0. The van der Waals surface area contributed by atoms with Crippen LogP contribution in [0.25, 0.3) is 6.08 Å². The maximum atomic E-state index is 11.4. The van der Waals surface area contributed by atoms with Crippen molar-refractivity contribution in [1.29, 1.82) is 0 Å². The molecule has 0 fully saturated rings. The highest BCUT2D eigenvalue weighted by Crippen LogP contribution is 2.22. The largest absolute Gasteiger partial charge is 0.322 e. The van der Waals surface area contributed by atoms with Crippen LogP contribution in [0.5, 0.6) is 0 Å². The van der Waals surface area contributed by atoms with Gasteiger partial charge in [0.15, 0.2) is 0 Å². The molecule has 0 bridgehead atoms. The van der Waals surface area contributed by atoms with Gasteiger partial charge in [0.25, 0.3) is 0 Å². The molecular formula is C11H13O2P. The van der Waals surface area contributed by atoms with Crippen LogP contribution in [0, 0.1) is 13.8 Å². The molecule has 2 nitrogen and oxygen atoms in total. The monoisotopic (exact) mass is 208 g/mol. The Morgan fingerprint density at radius 2 is 2.07 bits per heavy atom. The lowest BCUT2D eigenvalue weighted by atomic mass is 9.98. The summed E-state index contributed by atoms with van der Waals surface area (Å²) < 4.78 is 10.6. The molecule has 0 radical (unpaired) electrons. The van der Waals surface area contributed by atoms with Crippen molar-refractivity contribution in [2.45, 2.75) is 13.8 Å². The molecule has 0 aliphatic carbocycles. The Kier molecular flexibility index (Phi) is 3.43. The summed E-state index contributed by atoms with van der Waals surface area (Å²) in [7, 11) is -1.39. The van der Waals surface area contributed by atoms with Crippen LogP contribution >= 0.6 is 8.46 Å². The fourth-order valence-electron chi connectivity index (χ4n) is 1.52. The van der Waals surface area contributed by atoms with E-state index in [4.69, 9.17) is 0 Å². The maximum Gasteiger partial charge on any atom is 0.216 e. The lowest BCUT2D eigenvalue weighted by molar-refractivity contribution is 0.108. The van der Waals surface area contributed by atoms with E-state index < -0.39 is 8.46 Å². The predicted octanol–water partition coefficient (Wildman–Crippen LogP) is 2.84. The SMILES string of the molecule is C=Cc1ccc(C)c(C(=O)[PH2]=O)c1C. The molecule has 0 N–H and O–H groups in total. The van der Waals surface area contributed by atoms with Gasteiger partial charge in [-0.25, -0.2) is 0 Å². The first kappa shape index (κ1) is 10.9. The number of aryl methyl sites for hydroxylation is 1. The molecular weight excluding hydrogens is 195 g/mol. The molecule has 1 aromatic carbocycles. The van der Waals surface area contributed by atoms with Gasteiger partial charge >= 0.3 is 0 Å². The van der Waals surface area contributed by atoms with Crippen LogP contribution in [0.2, 0.25) is 0 Å². The fourth-order valence-corrected chi connectivity index (χ4v) is 2.08. The van der Waals surface area contributed by atoms with Crippen molar-refractivity contribution in [3.05, 3.63) is 41.0 Å². The van der Waals surface area contributed by atoms with E-state index in [0.717, 1.165) is 16.7 Å². The van der Waals surface area contributed by atoms with Gasteiger partial charge in [0.1, 0.15) is 8.46 Å². The van der Waals surface area contributed by atoms with E-state index in [-0.39, 0.29) is 5.52 Å². The van der Waals surface area contributed by atoms with Crippen LogP contribution in [-0.2, 0) is 4.57 Å². The summed E-state index contributed by atoms with van der Waals surface area (Å²) in [4.78, 5) is 11.4. The van der Waals surface area contributed by atoms with Crippen molar-refractivity contribution < 1.29 is 9.36 Å². The Hall–Kier alpha value is -1.14. The number of carbonyl (C=O) groups excluding carboxylic acids is 1. The summed E-state index contributed by atoms with van der Waals surface area (Å²) in [6.45, 7) is 7.37. The standard InChI is InChI=1S/C11H13O2P/c1-4-9-6-5-7(2)10(8(9)3)11(12)14-13/h4-6H,1,14H2,2-3H3. The highest BCUT2D eigenvalue weighted by atomic mass is 31.1. The third-order valence-corrected chi connectivity index (χ3v) is 2.79. The minimum absolute atomic E-state index is 0.260. The summed E-state index contributed by atoms with van der Waals surface area (Å²) in [6, 6.07) is 3.76. The third-order valence-electron chi connectivity index (χ3n) is 2.29. The predicted molar refractivity (Wildman–Crippen MR) is 60.7 cm³/mol. The summed E-state index contributed by atoms with van der Waals surface area (Å²) in [5.41, 5.74) is 3.00. The Balaban J connectivity index is 3.46. The molecule has 0 saturated heterocycles. The average molecular weight is 208 g/mol. The van der Waals surface area contributed by atoms with Crippen molar-refractivity contribution >= 4 is 20.1 Å². The van der Waals surface area contributed by atoms with E-state index >= 15 is 0 Å². The molecule has 0 aliphatic heterocycles. The molecule has 0 aliphatic rings. The highest BCUT2D eigenvalue weighted by molar-refractivity contribution is 7.47. The maximum absolute atomic E-state index is 11.4. The van der Waals surface area contributed by atoms with Crippen molar-refractivity contribution in [3.63, 3.8) is 0 Å². The normalized spacial score (nSPS) is 10.7. The van der Waals surface area contributed by atoms with Crippen LogP contribution in [0.3, 0.4) is 0 Å². The fraction of sp³-hybridized carbons (Fsp3) is 0.182. The molecule has 1 unspecified atom stereocenters. The number of rotatable bonds is 3. The van der Waals surface area contributed by atoms with Gasteiger partial charge in [-0.05, 0) is 30.5 Å². The molecule has 74 valence electrons. The first-order chi connectivity index (χ1) is 6.61. The van der Waals surface area contributed by atoms with Crippen LogP contribution in [0.15, 0.2) is 18.7 Å². The first-order valence-corrected chi connectivity index (χ1v) is 5.38. The van der Waals surface area contributed by atoms with Gasteiger partial charge < -0.3 is 4.57 Å². The van der Waals surface area contributed by atoms with Crippen LogP contribution < -0.4 is 0 Å². The van der Waals surface area contributed by atoms with Crippen molar-refractivity contribution in [2.24, 2.45) is 0 Å². The zero-order valence-corrected chi connectivity index (χ0v) is 9.49. The smallest absolute Gasteiger partial charge is 0.216 e. The van der Waals surface area contributed by atoms with Gasteiger partial charge in [-0.3, -0.25) is 4.79 Å². The summed E-state index contributed by atoms with van der Waals surface area (Å²) >= 11 is 0. The van der Waals surface area contributed by atoms with Crippen LogP contribution in [0.4, 0.5) is 0 Å². The first-order valence-electron chi connectivity index (χ1n) is 4.34. The van der Waals surface area contributed by atoms with Gasteiger partial charge in [0, 0.05) is 5.56 Å². The third kappa shape index (κ3) is 1.85. The number of hydrogen-bond acceptors (Lipinski definition) is 2. The second kappa shape index (κ2) is 4.39. The molecule has 1 aromatic rings. The van der Waals surface area contributed by atoms with E-state index in [2.05, 4.69) is 6.58 Å². The van der Waals surface area contributed by atoms with E-state index in [0.29, 0.717) is 5.56 Å². The topological polar surface area (TPSA) is 34.1 Å². The molecule has 14 heavy (non-hydrogen) atoms. The average Bonchev–Trinajstić information content (AvgIpc) is 2.18. The van der Waals surface area contributed by atoms with E-state index in [1.165, 1.54) is 0 Å². The van der Waals surface area contributed by atoms with Crippen LogP contribution in [-0.4, -0.2) is 5.52 Å². The summed E-state index contributed by atoms with van der Waals surface area (Å²) in [5, 5.41) is 0. The molecule has 0 aromatic heterocycles. The van der Waals surface area contributed by atoms with Crippen LogP contribution in [0.1, 0.15) is 27.0 Å². The zero-order chi connectivity index (χ0) is 10.7. The summed E-state index contributed by atoms with van der Waals surface area (Å²) in [6.07, 6.45) is 1.70. The Morgan fingerprint density at radius 3 is 2.57 bits per heavy atom. The zero-order valence-electron chi connectivity index (χ0n) is 8.33. The second-order valence-electron chi connectivity index (χ2n) is 3.16. The molecule has 0 heterocycles. The Labute approximate surface area is 84.8 Å². The minimum atomic E-state index is -1.39.